The summed E-state index contributed by atoms with van der Waals surface area (Å²) in [6.07, 6.45) is 9.83. The van der Waals surface area contributed by atoms with Gasteiger partial charge in [-0.3, -0.25) is 0 Å². The topological polar surface area (TPSA) is 26.0 Å². The van der Waals surface area contributed by atoms with Gasteiger partial charge in [-0.25, -0.2) is 0 Å². The van der Waals surface area contributed by atoms with Gasteiger partial charge in [-0.05, 0) is 68.2 Å². The zero-order valence-corrected chi connectivity index (χ0v) is 11.7. The fraction of sp³-hybridized carbons (Fsp3) is 0.529. The number of rotatable bonds is 1. The molecule has 1 heteroatoms. The van der Waals surface area contributed by atoms with Crippen LogP contribution < -0.4 is 5.73 Å². The minimum Gasteiger partial charge on any atom is -0.315 e. The van der Waals surface area contributed by atoms with Gasteiger partial charge >= 0.3 is 0 Å². The molecule has 2 unspecified atom stereocenters. The Morgan fingerprint density at radius 1 is 1.28 bits per heavy atom. The van der Waals surface area contributed by atoms with Crippen molar-refractivity contribution < 1.29 is 0 Å². The van der Waals surface area contributed by atoms with E-state index in [1.54, 1.807) is 0 Å². The highest BCUT2D eigenvalue weighted by Crippen LogP contribution is 2.39. The van der Waals surface area contributed by atoms with Crippen LogP contribution >= 0.6 is 0 Å². The van der Waals surface area contributed by atoms with Crippen molar-refractivity contribution in [2.75, 3.05) is 0 Å². The van der Waals surface area contributed by atoms with E-state index >= 15 is 0 Å². The fourth-order valence-electron chi connectivity index (χ4n) is 3.12. The second-order valence-electron chi connectivity index (χ2n) is 5.82. The number of benzene rings is 1. The molecule has 1 aliphatic rings. The summed E-state index contributed by atoms with van der Waals surface area (Å²) in [7, 11) is 0. The third-order valence-electron chi connectivity index (χ3n) is 4.61. The quantitative estimate of drug-likeness (QED) is 0.747. The summed E-state index contributed by atoms with van der Waals surface area (Å²) in [5.74, 6) is 3.33. The lowest BCUT2D eigenvalue weighted by Gasteiger charge is -2.35. The molecule has 1 nitrogen and oxygen atoms in total. The molecule has 96 valence electrons. The van der Waals surface area contributed by atoms with E-state index in [1.165, 1.54) is 28.7 Å². The molecule has 0 bridgehead atoms. The molecule has 1 aromatic carbocycles. The molecule has 0 amide bonds. The van der Waals surface area contributed by atoms with Crippen molar-refractivity contribution in [3.63, 3.8) is 0 Å². The predicted octanol–water partition coefficient (Wildman–Crippen LogP) is 3.60. The minimum atomic E-state index is -0.395. The first-order valence-electron chi connectivity index (χ1n) is 6.80. The van der Waals surface area contributed by atoms with E-state index in [2.05, 4.69) is 38.8 Å². The first-order chi connectivity index (χ1) is 8.47. The van der Waals surface area contributed by atoms with Gasteiger partial charge in [-0.2, -0.15) is 0 Å². The zero-order chi connectivity index (χ0) is 13.3. The molecule has 18 heavy (non-hydrogen) atoms. The summed E-state index contributed by atoms with van der Waals surface area (Å²) in [4.78, 5) is 0. The molecule has 1 saturated carbocycles. The van der Waals surface area contributed by atoms with E-state index in [0.717, 1.165) is 19.3 Å². The highest BCUT2D eigenvalue weighted by Gasteiger charge is 2.32. The van der Waals surface area contributed by atoms with E-state index in [9.17, 15) is 0 Å². The Labute approximate surface area is 111 Å². The molecular weight excluding hydrogens is 218 g/mol. The normalized spacial score (nSPS) is 27.8. The Kier molecular flexibility index (Phi) is 3.50. The van der Waals surface area contributed by atoms with Crippen molar-refractivity contribution in [3.8, 4) is 12.3 Å². The molecule has 0 spiro atoms. The average molecular weight is 241 g/mol. The molecule has 1 aliphatic carbocycles. The van der Waals surface area contributed by atoms with Gasteiger partial charge in [-0.15, -0.1) is 6.42 Å². The molecule has 2 atom stereocenters. The van der Waals surface area contributed by atoms with Gasteiger partial charge in [0.1, 0.15) is 0 Å². The number of terminal acetylenes is 1. The van der Waals surface area contributed by atoms with Crippen LogP contribution in [0.2, 0.25) is 0 Å². The van der Waals surface area contributed by atoms with Gasteiger partial charge in [0, 0.05) is 0 Å². The van der Waals surface area contributed by atoms with Gasteiger partial charge in [0.15, 0.2) is 0 Å². The lowest BCUT2D eigenvalue weighted by atomic mass is 9.73. The van der Waals surface area contributed by atoms with Crippen LogP contribution in [0, 0.1) is 33.1 Å². The van der Waals surface area contributed by atoms with E-state index in [-0.39, 0.29) is 0 Å². The van der Waals surface area contributed by atoms with Gasteiger partial charge in [0.25, 0.3) is 0 Å². The molecule has 0 radical (unpaired) electrons. The fourth-order valence-corrected chi connectivity index (χ4v) is 3.12. The average Bonchev–Trinajstić information content (AvgIpc) is 2.36. The molecule has 0 saturated heterocycles. The molecule has 0 aromatic heterocycles. The first-order valence-corrected chi connectivity index (χ1v) is 6.80. The van der Waals surface area contributed by atoms with Crippen molar-refractivity contribution in [1.82, 2.24) is 0 Å². The van der Waals surface area contributed by atoms with E-state index in [1.807, 2.05) is 0 Å². The number of nitrogens with two attached hydrogens (primary N) is 1. The summed E-state index contributed by atoms with van der Waals surface area (Å²) in [6.45, 7) is 6.59. The van der Waals surface area contributed by atoms with Crippen molar-refractivity contribution in [2.24, 2.45) is 5.73 Å². The lowest BCUT2D eigenvalue weighted by Crippen LogP contribution is -2.42. The Morgan fingerprint density at radius 2 is 2.00 bits per heavy atom. The van der Waals surface area contributed by atoms with Crippen molar-refractivity contribution >= 4 is 0 Å². The Bertz CT molecular complexity index is 495. The van der Waals surface area contributed by atoms with Crippen molar-refractivity contribution in [2.45, 2.75) is 57.9 Å². The van der Waals surface area contributed by atoms with Crippen molar-refractivity contribution in [1.29, 1.82) is 0 Å². The van der Waals surface area contributed by atoms with Crippen LogP contribution in [0.3, 0.4) is 0 Å². The largest absolute Gasteiger partial charge is 0.315 e. The van der Waals surface area contributed by atoms with Crippen LogP contribution in [0.4, 0.5) is 0 Å². The van der Waals surface area contributed by atoms with E-state index in [4.69, 9.17) is 12.2 Å². The summed E-state index contributed by atoms with van der Waals surface area (Å²) in [6, 6.07) is 4.49. The van der Waals surface area contributed by atoms with Crippen LogP contribution in [0.25, 0.3) is 0 Å². The summed E-state index contributed by atoms with van der Waals surface area (Å²) >= 11 is 0. The molecule has 0 aliphatic heterocycles. The molecular formula is C17H23N. The van der Waals surface area contributed by atoms with Gasteiger partial charge in [0.05, 0.1) is 5.54 Å². The van der Waals surface area contributed by atoms with E-state index in [0.29, 0.717) is 5.92 Å². The second-order valence-corrected chi connectivity index (χ2v) is 5.82. The lowest BCUT2D eigenvalue weighted by molar-refractivity contribution is 0.332. The SMILES string of the molecule is C#CC1(N)CCCC(c2ccc(C)c(C)c2C)C1. The monoisotopic (exact) mass is 241 g/mol. The summed E-state index contributed by atoms with van der Waals surface area (Å²) < 4.78 is 0. The molecule has 2 rings (SSSR count). The van der Waals surface area contributed by atoms with Crippen LogP contribution in [-0.4, -0.2) is 5.54 Å². The van der Waals surface area contributed by atoms with Crippen LogP contribution in [0.5, 0.6) is 0 Å². The maximum absolute atomic E-state index is 6.27. The van der Waals surface area contributed by atoms with Crippen LogP contribution in [0.15, 0.2) is 12.1 Å². The molecule has 1 fully saturated rings. The first kappa shape index (κ1) is 13.2. The maximum Gasteiger partial charge on any atom is 0.0779 e. The number of hydrogen-bond acceptors (Lipinski definition) is 1. The molecule has 1 aromatic rings. The Morgan fingerprint density at radius 3 is 2.67 bits per heavy atom. The Hall–Kier alpha value is -1.26. The van der Waals surface area contributed by atoms with Gasteiger partial charge in [0.2, 0.25) is 0 Å². The molecule has 2 N–H and O–H groups in total. The standard InChI is InChI=1S/C17H23N/c1-5-17(18)10-6-7-15(11-17)16-9-8-12(2)13(3)14(16)4/h1,8-9,15H,6-7,10-11,18H2,2-4H3. The highest BCUT2D eigenvalue weighted by molar-refractivity contribution is 5.41. The number of aryl methyl sites for hydroxylation is 1. The maximum atomic E-state index is 6.27. The van der Waals surface area contributed by atoms with Crippen molar-refractivity contribution in [3.05, 3.63) is 34.4 Å². The summed E-state index contributed by atoms with van der Waals surface area (Å²) in [5, 5.41) is 0. The molecule has 0 heterocycles. The van der Waals surface area contributed by atoms with E-state index < -0.39 is 5.54 Å². The Balaban J connectivity index is 2.33. The van der Waals surface area contributed by atoms with Crippen LogP contribution in [0.1, 0.15) is 53.9 Å². The third-order valence-corrected chi connectivity index (χ3v) is 4.61. The summed E-state index contributed by atoms with van der Waals surface area (Å²) in [5.41, 5.74) is 11.5. The van der Waals surface area contributed by atoms with Gasteiger partial charge in [-0.1, -0.05) is 24.5 Å². The minimum absolute atomic E-state index is 0.395. The third kappa shape index (κ3) is 2.31. The van der Waals surface area contributed by atoms with Gasteiger partial charge < -0.3 is 5.73 Å². The second kappa shape index (κ2) is 4.78. The smallest absolute Gasteiger partial charge is 0.0779 e. The highest BCUT2D eigenvalue weighted by atomic mass is 14.7. The van der Waals surface area contributed by atoms with Crippen LogP contribution in [-0.2, 0) is 0 Å². The predicted molar refractivity (Wildman–Crippen MR) is 77.6 cm³/mol. The zero-order valence-electron chi connectivity index (χ0n) is 11.7. The number of hydrogen-bond donors (Lipinski definition) is 1.